The molecule has 1 aliphatic heterocycles. The zero-order chi connectivity index (χ0) is 7.40. The fourth-order valence-corrected chi connectivity index (χ4v) is 0.601. The van der Waals surface area contributed by atoms with Gasteiger partial charge in [0.05, 0.1) is 12.3 Å². The Bertz CT molecular complexity index is 228. The molecule has 11 heavy (non-hydrogen) atoms. The standard InChI is InChI=1S/C7H6FNO.CH4/c8-6-1-2-7(5-10)9-4-3-6;/h1-3,5H,4H2;1H4. The topological polar surface area (TPSA) is 29.4 Å². The van der Waals surface area contributed by atoms with Crippen LogP contribution in [0.4, 0.5) is 4.39 Å². The van der Waals surface area contributed by atoms with Crippen LogP contribution >= 0.6 is 0 Å². The summed E-state index contributed by atoms with van der Waals surface area (Å²) in [5, 5.41) is 0. The first-order valence-electron chi connectivity index (χ1n) is 2.86. The third-order valence-corrected chi connectivity index (χ3v) is 1.09. The van der Waals surface area contributed by atoms with Crippen molar-refractivity contribution < 1.29 is 9.18 Å². The van der Waals surface area contributed by atoms with Crippen molar-refractivity contribution >= 4 is 12.0 Å². The molecular formula is C8H10FNO. The Morgan fingerprint density at radius 1 is 1.55 bits per heavy atom. The molecule has 0 aromatic rings. The maximum Gasteiger partial charge on any atom is 0.167 e. The smallest absolute Gasteiger partial charge is 0.167 e. The van der Waals surface area contributed by atoms with E-state index in [0.29, 0.717) is 6.29 Å². The minimum absolute atomic E-state index is 0. The first-order valence-corrected chi connectivity index (χ1v) is 2.86. The molecule has 0 aliphatic carbocycles. The third-order valence-electron chi connectivity index (χ3n) is 1.09. The van der Waals surface area contributed by atoms with Gasteiger partial charge in [0, 0.05) is 0 Å². The first kappa shape index (κ1) is 9.75. The van der Waals surface area contributed by atoms with Gasteiger partial charge < -0.3 is 0 Å². The lowest BCUT2D eigenvalue weighted by Gasteiger charge is -1.81. The summed E-state index contributed by atoms with van der Waals surface area (Å²) in [7, 11) is 0. The summed E-state index contributed by atoms with van der Waals surface area (Å²) in [6.07, 6.45) is 4.49. The molecule has 0 spiro atoms. The molecule has 0 atom stereocenters. The molecule has 0 bridgehead atoms. The summed E-state index contributed by atoms with van der Waals surface area (Å²) < 4.78 is 12.3. The van der Waals surface area contributed by atoms with Crippen LogP contribution in [0.3, 0.4) is 0 Å². The van der Waals surface area contributed by atoms with E-state index in [4.69, 9.17) is 0 Å². The van der Waals surface area contributed by atoms with E-state index in [1.165, 1.54) is 18.2 Å². The van der Waals surface area contributed by atoms with Crippen LogP contribution in [0.1, 0.15) is 7.43 Å². The molecule has 0 amide bonds. The molecule has 0 N–H and O–H groups in total. The molecule has 3 heteroatoms. The van der Waals surface area contributed by atoms with Crippen molar-refractivity contribution in [1.29, 1.82) is 0 Å². The monoisotopic (exact) mass is 155 g/mol. The average molecular weight is 155 g/mol. The minimum atomic E-state index is -0.347. The van der Waals surface area contributed by atoms with Gasteiger partial charge in [0.1, 0.15) is 5.83 Å². The zero-order valence-electron chi connectivity index (χ0n) is 5.25. The Morgan fingerprint density at radius 3 is 2.91 bits per heavy atom. The lowest BCUT2D eigenvalue weighted by atomic mass is 10.3. The normalized spacial score (nSPS) is 15.7. The van der Waals surface area contributed by atoms with Gasteiger partial charge in [-0.25, -0.2) is 4.39 Å². The second-order valence-corrected chi connectivity index (χ2v) is 1.81. The Labute approximate surface area is 65.1 Å². The molecule has 60 valence electrons. The number of rotatable bonds is 1. The molecule has 1 aliphatic rings. The minimum Gasteiger partial charge on any atom is -0.296 e. The van der Waals surface area contributed by atoms with E-state index >= 15 is 0 Å². The molecule has 0 radical (unpaired) electrons. The van der Waals surface area contributed by atoms with Gasteiger partial charge in [-0.05, 0) is 18.2 Å². The fourth-order valence-electron chi connectivity index (χ4n) is 0.601. The number of halogens is 1. The molecule has 0 saturated carbocycles. The highest BCUT2D eigenvalue weighted by atomic mass is 19.1. The predicted molar refractivity (Wildman–Crippen MR) is 43.4 cm³/mol. The maximum atomic E-state index is 12.3. The molecule has 0 saturated heterocycles. The Morgan fingerprint density at radius 2 is 2.27 bits per heavy atom. The van der Waals surface area contributed by atoms with Crippen molar-refractivity contribution in [1.82, 2.24) is 0 Å². The molecule has 1 rings (SSSR count). The molecular weight excluding hydrogens is 145 g/mol. The molecule has 0 aromatic heterocycles. The largest absolute Gasteiger partial charge is 0.296 e. The number of allylic oxidation sites excluding steroid dienone is 3. The van der Waals surface area contributed by atoms with Crippen LogP contribution in [0, 0.1) is 0 Å². The number of carbonyl (C=O) groups excluding carboxylic acids is 1. The van der Waals surface area contributed by atoms with Gasteiger partial charge in [0.15, 0.2) is 6.29 Å². The molecule has 2 nitrogen and oxygen atoms in total. The molecule has 0 unspecified atom stereocenters. The van der Waals surface area contributed by atoms with Crippen LogP contribution in [0.15, 0.2) is 29.0 Å². The van der Waals surface area contributed by atoms with Gasteiger partial charge in [-0.2, -0.15) is 0 Å². The van der Waals surface area contributed by atoms with E-state index in [-0.39, 0.29) is 25.5 Å². The second kappa shape index (κ2) is 4.55. The third kappa shape index (κ3) is 2.89. The SMILES string of the molecule is C.O=CC1=NCC=C(F)C=C1. The van der Waals surface area contributed by atoms with Crippen LogP contribution in [0.25, 0.3) is 0 Å². The number of hydrogen-bond donors (Lipinski definition) is 0. The Balaban J connectivity index is 0.000001000. The van der Waals surface area contributed by atoms with E-state index in [9.17, 15) is 9.18 Å². The Kier molecular flexibility index (Phi) is 4.03. The van der Waals surface area contributed by atoms with Crippen molar-refractivity contribution in [2.24, 2.45) is 4.99 Å². The van der Waals surface area contributed by atoms with Crippen molar-refractivity contribution in [3.8, 4) is 0 Å². The van der Waals surface area contributed by atoms with E-state index < -0.39 is 0 Å². The van der Waals surface area contributed by atoms with Gasteiger partial charge in [-0.1, -0.05) is 7.43 Å². The Hall–Kier alpha value is -1.25. The summed E-state index contributed by atoms with van der Waals surface area (Å²) >= 11 is 0. The summed E-state index contributed by atoms with van der Waals surface area (Å²) in [5.74, 6) is -0.347. The average Bonchev–Trinajstić information content (AvgIpc) is 2.14. The zero-order valence-corrected chi connectivity index (χ0v) is 5.25. The van der Waals surface area contributed by atoms with E-state index in [1.807, 2.05) is 0 Å². The maximum absolute atomic E-state index is 12.3. The second-order valence-electron chi connectivity index (χ2n) is 1.81. The number of carbonyl (C=O) groups is 1. The fraction of sp³-hybridized carbons (Fsp3) is 0.250. The van der Waals surface area contributed by atoms with Crippen LogP contribution < -0.4 is 0 Å². The predicted octanol–water partition coefficient (Wildman–Crippen LogP) is 1.69. The summed E-state index contributed by atoms with van der Waals surface area (Å²) in [5.41, 5.74) is 0.281. The van der Waals surface area contributed by atoms with Crippen LogP contribution in [-0.2, 0) is 4.79 Å². The van der Waals surface area contributed by atoms with Gasteiger partial charge in [0.25, 0.3) is 0 Å². The number of nitrogens with zero attached hydrogens (tertiary/aromatic N) is 1. The quantitative estimate of drug-likeness (QED) is 0.530. The van der Waals surface area contributed by atoms with Crippen LogP contribution in [0.2, 0.25) is 0 Å². The molecule has 0 aromatic carbocycles. The first-order chi connectivity index (χ1) is 4.83. The lowest BCUT2D eigenvalue weighted by molar-refractivity contribution is -0.102. The van der Waals surface area contributed by atoms with Crippen LogP contribution in [0.5, 0.6) is 0 Å². The van der Waals surface area contributed by atoms with Crippen LogP contribution in [-0.4, -0.2) is 18.5 Å². The number of aliphatic imine (C=N–C) groups is 1. The van der Waals surface area contributed by atoms with E-state index in [1.54, 1.807) is 0 Å². The highest BCUT2D eigenvalue weighted by Gasteiger charge is 1.95. The van der Waals surface area contributed by atoms with E-state index in [2.05, 4.69) is 4.99 Å². The summed E-state index contributed by atoms with van der Waals surface area (Å²) in [6.45, 7) is 0.243. The van der Waals surface area contributed by atoms with Gasteiger partial charge in [-0.3, -0.25) is 9.79 Å². The van der Waals surface area contributed by atoms with Crippen molar-refractivity contribution in [2.45, 2.75) is 7.43 Å². The summed E-state index contributed by atoms with van der Waals surface area (Å²) in [6, 6.07) is 0. The van der Waals surface area contributed by atoms with Gasteiger partial charge >= 0.3 is 0 Å². The molecule has 0 fully saturated rings. The van der Waals surface area contributed by atoms with E-state index in [0.717, 1.165) is 0 Å². The van der Waals surface area contributed by atoms with Crippen molar-refractivity contribution in [3.63, 3.8) is 0 Å². The number of hydrogen-bond acceptors (Lipinski definition) is 2. The number of aldehydes is 1. The van der Waals surface area contributed by atoms with Gasteiger partial charge in [0.2, 0.25) is 0 Å². The summed E-state index contributed by atoms with van der Waals surface area (Å²) in [4.78, 5) is 13.8. The highest BCUT2D eigenvalue weighted by Crippen LogP contribution is 2.01. The highest BCUT2D eigenvalue weighted by molar-refractivity contribution is 6.33. The lowest BCUT2D eigenvalue weighted by Crippen LogP contribution is -1.93. The van der Waals surface area contributed by atoms with Gasteiger partial charge in [-0.15, -0.1) is 0 Å². The molecule has 1 heterocycles. The van der Waals surface area contributed by atoms with Crippen molar-refractivity contribution in [2.75, 3.05) is 6.54 Å². The van der Waals surface area contributed by atoms with Crippen molar-refractivity contribution in [3.05, 3.63) is 24.1 Å².